The van der Waals surface area contributed by atoms with Gasteiger partial charge in [0.25, 0.3) is 0 Å². The van der Waals surface area contributed by atoms with Gasteiger partial charge in [0.05, 0.1) is 11.9 Å². The second kappa shape index (κ2) is 7.06. The molecule has 4 saturated carbocycles. The maximum atomic E-state index is 4.81. The van der Waals surface area contributed by atoms with Gasteiger partial charge < -0.3 is 0 Å². The predicted molar refractivity (Wildman–Crippen MR) is 119 cm³/mol. The molecule has 158 valence electrons. The van der Waals surface area contributed by atoms with Gasteiger partial charge in [0.1, 0.15) is 0 Å². The molecule has 0 aliphatic heterocycles. The summed E-state index contributed by atoms with van der Waals surface area (Å²) in [5, 5.41) is 13.7. The Labute approximate surface area is 176 Å². The maximum Gasteiger partial charge on any atom is 0.0682 e. The monoisotopic (exact) mass is 394 g/mol. The molecule has 4 aliphatic carbocycles. The van der Waals surface area contributed by atoms with Gasteiger partial charge in [-0.15, -0.1) is 0 Å². The summed E-state index contributed by atoms with van der Waals surface area (Å²) in [6, 6.07) is 0. The van der Waals surface area contributed by atoms with E-state index in [2.05, 4.69) is 24.0 Å². The Bertz CT molecular complexity index is 836. The normalized spacial score (nSPS) is 43.4. The second-order valence-corrected chi connectivity index (χ2v) is 11.0. The van der Waals surface area contributed by atoms with Gasteiger partial charge in [0.15, 0.2) is 0 Å². The van der Waals surface area contributed by atoms with Crippen molar-refractivity contribution in [3.05, 3.63) is 17.5 Å². The number of hydrogen-bond donors (Lipinski definition) is 0. The molecular weight excluding hydrogens is 356 g/mol. The van der Waals surface area contributed by atoms with Gasteiger partial charge in [0.2, 0.25) is 0 Å². The van der Waals surface area contributed by atoms with Gasteiger partial charge in [0, 0.05) is 29.9 Å². The molecule has 0 N–H and O–H groups in total. The van der Waals surface area contributed by atoms with Crippen LogP contribution in [0.4, 0.5) is 0 Å². The zero-order valence-corrected chi connectivity index (χ0v) is 18.8. The SMILES string of the molecule is Cc1nn(C)cc1/C=N\N=C1/CC[C@@H]2[C@H]3CC[C@@H]4CCCC[C@]4(C)[C@@H]3CC[C@]12C. The highest BCUT2D eigenvalue weighted by Gasteiger charge is 2.58. The van der Waals surface area contributed by atoms with Crippen LogP contribution in [0.3, 0.4) is 0 Å². The molecule has 0 radical (unpaired) electrons. The highest BCUT2D eigenvalue weighted by molar-refractivity contribution is 5.93. The topological polar surface area (TPSA) is 42.5 Å². The lowest BCUT2D eigenvalue weighted by molar-refractivity contribution is -0.0936. The van der Waals surface area contributed by atoms with Gasteiger partial charge in [-0.25, -0.2) is 0 Å². The smallest absolute Gasteiger partial charge is 0.0682 e. The lowest BCUT2D eigenvalue weighted by atomic mass is 9.45. The molecule has 6 atom stereocenters. The third kappa shape index (κ3) is 3.04. The molecule has 4 fully saturated rings. The second-order valence-electron chi connectivity index (χ2n) is 11.0. The van der Waals surface area contributed by atoms with E-state index in [1.54, 1.807) is 0 Å². The molecule has 29 heavy (non-hydrogen) atoms. The molecule has 4 aliphatic rings. The molecule has 5 rings (SSSR count). The number of fused-ring (bicyclic) bond motifs is 5. The molecule has 1 heterocycles. The molecule has 0 bridgehead atoms. The van der Waals surface area contributed by atoms with Crippen molar-refractivity contribution in [3.63, 3.8) is 0 Å². The predicted octanol–water partition coefficient (Wildman–Crippen LogP) is 5.94. The lowest BCUT2D eigenvalue weighted by Crippen LogP contribution is -2.52. The van der Waals surface area contributed by atoms with E-state index < -0.39 is 0 Å². The first-order valence-electron chi connectivity index (χ1n) is 12.0. The molecule has 4 nitrogen and oxygen atoms in total. The van der Waals surface area contributed by atoms with Gasteiger partial charge in [-0.05, 0) is 87.4 Å². The number of aryl methyl sites for hydroxylation is 2. The Morgan fingerprint density at radius 2 is 1.93 bits per heavy atom. The average molecular weight is 395 g/mol. The van der Waals surface area contributed by atoms with E-state index in [-0.39, 0.29) is 5.41 Å². The van der Waals surface area contributed by atoms with E-state index >= 15 is 0 Å². The van der Waals surface area contributed by atoms with Gasteiger partial charge >= 0.3 is 0 Å². The van der Waals surface area contributed by atoms with Gasteiger partial charge in [-0.3, -0.25) is 4.68 Å². The fourth-order valence-electron chi connectivity index (χ4n) is 8.15. The fraction of sp³-hybridized carbons (Fsp3) is 0.800. The van der Waals surface area contributed by atoms with Crippen LogP contribution >= 0.6 is 0 Å². The van der Waals surface area contributed by atoms with Crippen LogP contribution in [0.2, 0.25) is 0 Å². The Hall–Kier alpha value is -1.45. The molecule has 0 spiro atoms. The quantitative estimate of drug-likeness (QED) is 0.452. The number of rotatable bonds is 2. The van der Waals surface area contributed by atoms with E-state index in [0.29, 0.717) is 5.41 Å². The highest BCUT2D eigenvalue weighted by Crippen LogP contribution is 2.65. The number of nitrogens with zero attached hydrogens (tertiary/aromatic N) is 4. The fourth-order valence-corrected chi connectivity index (χ4v) is 8.15. The largest absolute Gasteiger partial charge is 0.275 e. The van der Waals surface area contributed by atoms with Crippen molar-refractivity contribution in [2.75, 3.05) is 0 Å². The minimum atomic E-state index is 0.278. The molecule has 4 heteroatoms. The van der Waals surface area contributed by atoms with Crippen LogP contribution in [0.25, 0.3) is 0 Å². The minimum absolute atomic E-state index is 0.278. The summed E-state index contributed by atoms with van der Waals surface area (Å²) in [6.07, 6.45) is 18.0. The summed E-state index contributed by atoms with van der Waals surface area (Å²) in [5.41, 5.74) is 4.36. The van der Waals surface area contributed by atoms with Crippen LogP contribution in [0.15, 0.2) is 16.4 Å². The molecule has 0 aromatic carbocycles. The molecular formula is C25H38N4. The van der Waals surface area contributed by atoms with Crippen molar-refractivity contribution < 1.29 is 0 Å². The third-order valence-corrected chi connectivity index (χ3v) is 9.75. The van der Waals surface area contributed by atoms with Crippen molar-refractivity contribution >= 4 is 11.9 Å². The summed E-state index contributed by atoms with van der Waals surface area (Å²) in [5.74, 6) is 3.71. The van der Waals surface area contributed by atoms with E-state index in [9.17, 15) is 0 Å². The first-order valence-corrected chi connectivity index (χ1v) is 12.0. The molecule has 0 unspecified atom stereocenters. The van der Waals surface area contributed by atoms with Crippen LogP contribution in [0.5, 0.6) is 0 Å². The number of hydrogen-bond acceptors (Lipinski definition) is 3. The van der Waals surface area contributed by atoms with Gasteiger partial charge in [-0.1, -0.05) is 26.7 Å². The van der Waals surface area contributed by atoms with Crippen molar-refractivity contribution in [1.29, 1.82) is 0 Å². The lowest BCUT2D eigenvalue weighted by Gasteiger charge is -2.59. The number of aromatic nitrogens is 2. The zero-order chi connectivity index (χ0) is 20.2. The van der Waals surface area contributed by atoms with Crippen molar-refractivity contribution in [2.45, 2.75) is 85.0 Å². The van der Waals surface area contributed by atoms with Crippen molar-refractivity contribution in [1.82, 2.24) is 9.78 Å². The van der Waals surface area contributed by atoms with Crippen LogP contribution in [0.1, 0.15) is 89.3 Å². The maximum absolute atomic E-state index is 4.81. The minimum Gasteiger partial charge on any atom is -0.275 e. The van der Waals surface area contributed by atoms with E-state index in [1.165, 1.54) is 63.5 Å². The summed E-state index contributed by atoms with van der Waals surface area (Å²) in [7, 11) is 1.96. The Morgan fingerprint density at radius 1 is 1.07 bits per heavy atom. The van der Waals surface area contributed by atoms with E-state index in [0.717, 1.165) is 41.3 Å². The molecule has 1 aromatic rings. The molecule has 0 saturated heterocycles. The van der Waals surface area contributed by atoms with Crippen LogP contribution in [-0.4, -0.2) is 21.7 Å². The summed E-state index contributed by atoms with van der Waals surface area (Å²) in [4.78, 5) is 0. The van der Waals surface area contributed by atoms with Crippen LogP contribution in [0, 0.1) is 41.4 Å². The Balaban J connectivity index is 1.37. The van der Waals surface area contributed by atoms with Crippen LogP contribution < -0.4 is 0 Å². The van der Waals surface area contributed by atoms with Crippen molar-refractivity contribution in [3.8, 4) is 0 Å². The first-order chi connectivity index (χ1) is 13.9. The Morgan fingerprint density at radius 3 is 2.72 bits per heavy atom. The zero-order valence-electron chi connectivity index (χ0n) is 18.8. The summed E-state index contributed by atoms with van der Waals surface area (Å²) in [6.45, 7) is 7.21. The third-order valence-electron chi connectivity index (χ3n) is 9.75. The average Bonchev–Trinajstić information content (AvgIpc) is 3.19. The standard InChI is InChI=1S/C25H38N4/c1-17-18(16-29(4)28-17)15-26-27-23-11-10-21-20-9-8-19-7-5-6-13-24(19,2)22(20)12-14-25(21,23)3/h15-16,19-22H,5-14H2,1-4H3/b26-15-,27-23+/t19-,20+,21+,22+,24-,25-/m0/s1. The van der Waals surface area contributed by atoms with Crippen LogP contribution in [-0.2, 0) is 7.05 Å². The van der Waals surface area contributed by atoms with E-state index in [4.69, 9.17) is 5.10 Å². The molecule has 0 amide bonds. The summed E-state index contributed by atoms with van der Waals surface area (Å²) < 4.78 is 1.85. The van der Waals surface area contributed by atoms with Crippen molar-refractivity contribution in [2.24, 2.45) is 51.8 Å². The molecule has 1 aromatic heterocycles. The Kier molecular flexibility index (Phi) is 4.75. The van der Waals surface area contributed by atoms with Gasteiger partial charge in [-0.2, -0.15) is 15.3 Å². The summed E-state index contributed by atoms with van der Waals surface area (Å²) >= 11 is 0. The van der Waals surface area contributed by atoms with E-state index in [1.807, 2.05) is 31.1 Å². The highest BCUT2D eigenvalue weighted by atomic mass is 15.3. The first kappa shape index (κ1) is 19.5.